The van der Waals surface area contributed by atoms with Crippen molar-refractivity contribution in [1.29, 1.82) is 0 Å². The Kier molecular flexibility index (Phi) is 6.51. The molecule has 0 saturated heterocycles. The summed E-state index contributed by atoms with van der Waals surface area (Å²) >= 11 is 0. The van der Waals surface area contributed by atoms with Crippen LogP contribution in [0.15, 0.2) is 46.4 Å². The van der Waals surface area contributed by atoms with Gasteiger partial charge in [-0.15, -0.1) is 0 Å². The minimum Gasteiger partial charge on any atom is -0.534 e. The molecule has 11 nitrogen and oxygen atoms in total. The van der Waals surface area contributed by atoms with Gasteiger partial charge < -0.3 is 43.0 Å². The molecule has 0 unspecified atom stereocenters. The second kappa shape index (κ2) is 9.26. The third kappa shape index (κ3) is 5.57. The van der Waals surface area contributed by atoms with Crippen LogP contribution in [0.5, 0.6) is 5.75 Å². The van der Waals surface area contributed by atoms with E-state index < -0.39 is 19.0 Å². The van der Waals surface area contributed by atoms with Gasteiger partial charge >= 0.3 is 13.1 Å². The fourth-order valence-corrected chi connectivity index (χ4v) is 3.32. The lowest BCUT2D eigenvalue weighted by atomic mass is 9.72. The number of hydrogen-bond donors (Lipinski definition) is 7. The Hall–Kier alpha value is -3.93. The molecule has 11 N–H and O–H groups in total. The minimum atomic E-state index is -1.25. The molecule has 2 aromatic carbocycles. The average molecular weight is 425 g/mol. The summed E-state index contributed by atoms with van der Waals surface area (Å²) in [5, 5.41) is 23.1. The predicted octanol–water partition coefficient (Wildman–Crippen LogP) is -0.633. The van der Waals surface area contributed by atoms with Gasteiger partial charge in [0.15, 0.2) is 11.9 Å². The molecule has 1 aliphatic rings. The molecule has 162 valence electrons. The number of guanidine groups is 2. The molecule has 0 fully saturated rings. The van der Waals surface area contributed by atoms with E-state index in [0.29, 0.717) is 17.7 Å². The first kappa shape index (κ1) is 21.8. The van der Waals surface area contributed by atoms with E-state index in [1.165, 1.54) is 6.07 Å². The van der Waals surface area contributed by atoms with E-state index >= 15 is 0 Å². The summed E-state index contributed by atoms with van der Waals surface area (Å²) in [6, 6.07) is 10.4. The maximum absolute atomic E-state index is 11.4. The van der Waals surface area contributed by atoms with Crippen LogP contribution in [-0.2, 0) is 19.5 Å². The first-order chi connectivity index (χ1) is 14.7. The number of para-hydroxylation sites is 1. The van der Waals surface area contributed by atoms with Gasteiger partial charge in [0.2, 0.25) is 0 Å². The minimum absolute atomic E-state index is 0.00810. The Morgan fingerprint density at radius 3 is 2.26 bits per heavy atom. The van der Waals surface area contributed by atoms with Crippen molar-refractivity contribution in [3.05, 3.63) is 58.7 Å². The van der Waals surface area contributed by atoms with Gasteiger partial charge in [0.05, 0.1) is 24.6 Å². The third-order valence-corrected chi connectivity index (χ3v) is 4.64. The zero-order valence-electron chi connectivity index (χ0n) is 16.7. The molecule has 0 spiro atoms. The van der Waals surface area contributed by atoms with E-state index in [1.54, 1.807) is 12.1 Å². The second-order valence-corrected chi connectivity index (χ2v) is 7.08. The number of fused-ring (bicyclic) bond motifs is 1. The van der Waals surface area contributed by atoms with Gasteiger partial charge in [0, 0.05) is 5.69 Å². The maximum Gasteiger partial charge on any atom is 0.546 e. The molecule has 0 amide bonds. The summed E-state index contributed by atoms with van der Waals surface area (Å²) in [7, 11) is -1.25. The fourth-order valence-electron chi connectivity index (χ4n) is 3.32. The average Bonchev–Trinajstić information content (AvgIpc) is 2.70. The van der Waals surface area contributed by atoms with Crippen LogP contribution in [0, 0.1) is 0 Å². The van der Waals surface area contributed by atoms with Gasteiger partial charge in [0.25, 0.3) is 0 Å². The lowest BCUT2D eigenvalue weighted by molar-refractivity contribution is 0.0694. The van der Waals surface area contributed by atoms with E-state index in [4.69, 9.17) is 27.6 Å². The van der Waals surface area contributed by atoms with Gasteiger partial charge in [-0.05, 0) is 41.3 Å². The molecular weight excluding hydrogens is 401 g/mol. The number of anilines is 1. The zero-order chi connectivity index (χ0) is 22.5. The van der Waals surface area contributed by atoms with Crippen LogP contribution < -0.4 is 32.9 Å². The van der Waals surface area contributed by atoms with E-state index in [0.717, 1.165) is 11.1 Å². The lowest BCUT2D eigenvalue weighted by Gasteiger charge is -2.29. The monoisotopic (exact) mass is 425 g/mol. The molecule has 0 saturated carbocycles. The molecule has 2 aromatic rings. The van der Waals surface area contributed by atoms with Crippen molar-refractivity contribution in [1.82, 2.24) is 0 Å². The standard InChI is InChI=1S/C19H24BN7O4/c21-18(22)25-8-10-4-11(9-26-19(23)24)6-13(5-10)27-15-7-12-2-1-3-14(17(28)29)16(12)31-20(15)30/h1-6,15,27,30H,7-9H2,(H,28,29)(H4,21,22,25)(H4,23,24,26)/t15-/m0/s1. The molecule has 0 radical (unpaired) electrons. The van der Waals surface area contributed by atoms with Gasteiger partial charge in [-0.3, -0.25) is 0 Å². The molecule has 3 rings (SSSR count). The van der Waals surface area contributed by atoms with Crippen molar-refractivity contribution < 1.29 is 19.6 Å². The van der Waals surface area contributed by atoms with Crippen molar-refractivity contribution in [2.75, 3.05) is 5.32 Å². The van der Waals surface area contributed by atoms with E-state index in [9.17, 15) is 14.9 Å². The number of carboxylic acid groups (broad SMARTS) is 1. The summed E-state index contributed by atoms with van der Waals surface area (Å²) in [4.78, 5) is 19.5. The van der Waals surface area contributed by atoms with Crippen molar-refractivity contribution in [3.63, 3.8) is 0 Å². The second-order valence-electron chi connectivity index (χ2n) is 7.08. The Balaban J connectivity index is 1.86. The largest absolute Gasteiger partial charge is 0.546 e. The van der Waals surface area contributed by atoms with Gasteiger partial charge in [0.1, 0.15) is 5.75 Å². The fraction of sp³-hybridized carbons (Fsp3) is 0.211. The molecule has 0 aliphatic carbocycles. The Bertz CT molecular complexity index is 998. The summed E-state index contributed by atoms with van der Waals surface area (Å²) in [5.41, 5.74) is 24.7. The molecule has 1 atom stereocenters. The van der Waals surface area contributed by atoms with Crippen molar-refractivity contribution in [2.45, 2.75) is 25.5 Å². The first-order valence-electron chi connectivity index (χ1n) is 9.43. The SMILES string of the molecule is NC(N)=NCc1cc(CN=C(N)N)cc(N[C@H]2Cc3cccc(C(=O)O)c3OB2O)c1. The highest BCUT2D eigenvalue weighted by atomic mass is 16.5. The maximum atomic E-state index is 11.4. The van der Waals surface area contributed by atoms with Crippen molar-refractivity contribution in [3.8, 4) is 5.75 Å². The number of aliphatic imine (C=N–C) groups is 2. The highest BCUT2D eigenvalue weighted by molar-refractivity contribution is 6.47. The number of benzene rings is 2. The number of carboxylic acids is 1. The number of hydrogen-bond acceptors (Lipinski definition) is 6. The highest BCUT2D eigenvalue weighted by Gasteiger charge is 2.36. The Morgan fingerprint density at radius 2 is 1.71 bits per heavy atom. The van der Waals surface area contributed by atoms with Crippen LogP contribution in [0.3, 0.4) is 0 Å². The molecule has 0 aromatic heterocycles. The first-order valence-corrected chi connectivity index (χ1v) is 9.43. The molecule has 12 heteroatoms. The van der Waals surface area contributed by atoms with Crippen LogP contribution in [0.2, 0.25) is 0 Å². The number of carbonyl (C=O) groups is 1. The predicted molar refractivity (Wildman–Crippen MR) is 119 cm³/mol. The number of nitrogens with zero attached hydrogens (tertiary/aromatic N) is 2. The van der Waals surface area contributed by atoms with Gasteiger partial charge in [-0.1, -0.05) is 18.2 Å². The number of nitrogens with two attached hydrogens (primary N) is 4. The third-order valence-electron chi connectivity index (χ3n) is 4.64. The molecule has 31 heavy (non-hydrogen) atoms. The van der Waals surface area contributed by atoms with E-state index in [1.807, 2.05) is 18.2 Å². The van der Waals surface area contributed by atoms with Gasteiger partial charge in [-0.25, -0.2) is 14.8 Å². The quantitative estimate of drug-likeness (QED) is 0.171. The topological polar surface area (TPSA) is 208 Å². The van der Waals surface area contributed by atoms with Gasteiger partial charge in [-0.2, -0.15) is 0 Å². The van der Waals surface area contributed by atoms with Crippen molar-refractivity contribution >= 4 is 30.7 Å². The van der Waals surface area contributed by atoms with Crippen molar-refractivity contribution in [2.24, 2.45) is 32.9 Å². The number of rotatable bonds is 7. The summed E-state index contributed by atoms with van der Waals surface area (Å²) in [6.45, 7) is 0.502. The Labute approximate surface area is 178 Å². The molecule has 0 bridgehead atoms. The number of nitrogens with one attached hydrogen (secondary N) is 1. The van der Waals surface area contributed by atoms with E-state index in [-0.39, 0.29) is 36.3 Å². The Morgan fingerprint density at radius 1 is 1.10 bits per heavy atom. The molecule has 1 aliphatic heterocycles. The smallest absolute Gasteiger partial charge is 0.534 e. The normalized spacial score (nSPS) is 14.7. The number of aromatic carboxylic acids is 1. The lowest BCUT2D eigenvalue weighted by Crippen LogP contribution is -2.47. The zero-order valence-corrected chi connectivity index (χ0v) is 16.7. The van der Waals surface area contributed by atoms with E-state index in [2.05, 4.69) is 15.3 Å². The molecular formula is C19H24BN7O4. The van der Waals surface area contributed by atoms with Crippen LogP contribution in [0.25, 0.3) is 0 Å². The van der Waals surface area contributed by atoms with Crippen LogP contribution >= 0.6 is 0 Å². The van der Waals surface area contributed by atoms with Crippen LogP contribution in [-0.4, -0.2) is 41.1 Å². The summed E-state index contributed by atoms with van der Waals surface area (Å²) in [6.07, 6.45) is 0.360. The summed E-state index contributed by atoms with van der Waals surface area (Å²) < 4.78 is 5.53. The van der Waals surface area contributed by atoms with Crippen LogP contribution in [0.1, 0.15) is 27.0 Å². The summed E-state index contributed by atoms with van der Waals surface area (Å²) in [5.74, 6) is -1.54. The van der Waals surface area contributed by atoms with Crippen LogP contribution in [0.4, 0.5) is 5.69 Å². The highest BCUT2D eigenvalue weighted by Crippen LogP contribution is 2.31. The molecule has 1 heterocycles.